The summed E-state index contributed by atoms with van der Waals surface area (Å²) >= 11 is 1.32. The first-order valence-corrected chi connectivity index (χ1v) is 10.9. The number of ether oxygens (including phenoxy) is 1. The van der Waals surface area contributed by atoms with Crippen LogP contribution < -0.4 is 10.5 Å². The number of amides is 1. The van der Waals surface area contributed by atoms with Crippen LogP contribution in [-0.4, -0.2) is 22.3 Å². The Morgan fingerprint density at radius 1 is 1.07 bits per heavy atom. The highest BCUT2D eigenvalue weighted by atomic mass is 32.2. The number of aromatic nitrogens is 2. The second-order valence-electron chi connectivity index (χ2n) is 7.50. The van der Waals surface area contributed by atoms with Crippen LogP contribution in [0.4, 0.5) is 11.4 Å². The normalized spacial score (nSPS) is 18.5. The molecule has 7 heteroatoms. The standard InChI is InChI=1S/C23H21N3O3S/c1-15-9-11-16(12-10-15)25-18-14-24-26(20-8-4-5-13-29-20)23(28)21(18)30-19-7-3-2-6-17(19)22(25)27/h2-3,6-7,9-12,14,20H,4-5,8,13H2,1H3. The summed E-state index contributed by atoms with van der Waals surface area (Å²) in [6.07, 6.45) is 4.01. The fourth-order valence-corrected chi connectivity index (χ4v) is 4.90. The number of hydrogen-bond acceptors (Lipinski definition) is 5. The molecule has 3 heterocycles. The van der Waals surface area contributed by atoms with Crippen molar-refractivity contribution in [1.82, 2.24) is 9.78 Å². The Labute approximate surface area is 178 Å². The van der Waals surface area contributed by atoms with Gasteiger partial charge in [0.15, 0.2) is 6.23 Å². The van der Waals surface area contributed by atoms with E-state index in [1.165, 1.54) is 16.4 Å². The number of nitrogens with zero attached hydrogens (tertiary/aromatic N) is 3. The molecule has 3 aromatic rings. The second-order valence-corrected chi connectivity index (χ2v) is 8.56. The third kappa shape index (κ3) is 3.24. The topological polar surface area (TPSA) is 64.4 Å². The molecule has 2 aromatic carbocycles. The van der Waals surface area contributed by atoms with E-state index >= 15 is 0 Å². The molecule has 1 aromatic heterocycles. The Kier molecular flexibility index (Phi) is 4.92. The van der Waals surface area contributed by atoms with Gasteiger partial charge in [0.2, 0.25) is 0 Å². The summed E-state index contributed by atoms with van der Waals surface area (Å²) in [7, 11) is 0. The maximum absolute atomic E-state index is 13.5. The van der Waals surface area contributed by atoms with Crippen LogP contribution in [0.25, 0.3) is 0 Å². The number of aryl methyl sites for hydroxylation is 1. The molecule has 0 aliphatic carbocycles. The summed E-state index contributed by atoms with van der Waals surface area (Å²) < 4.78 is 7.22. The Hall–Kier alpha value is -2.90. The van der Waals surface area contributed by atoms with Crippen molar-refractivity contribution in [3.8, 4) is 0 Å². The summed E-state index contributed by atoms with van der Waals surface area (Å²) in [5, 5.41) is 4.42. The van der Waals surface area contributed by atoms with Gasteiger partial charge in [-0.15, -0.1) is 0 Å². The van der Waals surface area contributed by atoms with Gasteiger partial charge in [0.05, 0.1) is 17.4 Å². The van der Waals surface area contributed by atoms with Gasteiger partial charge in [-0.3, -0.25) is 14.5 Å². The number of anilines is 2. The largest absolute Gasteiger partial charge is 0.356 e. The minimum atomic E-state index is -0.362. The summed E-state index contributed by atoms with van der Waals surface area (Å²) in [6.45, 7) is 2.62. The molecule has 0 saturated carbocycles. The average Bonchev–Trinajstić information content (AvgIpc) is 2.90. The zero-order valence-corrected chi connectivity index (χ0v) is 17.4. The highest BCUT2D eigenvalue weighted by Crippen LogP contribution is 2.42. The zero-order valence-electron chi connectivity index (χ0n) is 16.6. The van der Waals surface area contributed by atoms with Crippen molar-refractivity contribution in [2.75, 3.05) is 11.5 Å². The van der Waals surface area contributed by atoms with E-state index in [1.807, 2.05) is 49.4 Å². The van der Waals surface area contributed by atoms with E-state index in [-0.39, 0.29) is 17.7 Å². The molecule has 152 valence electrons. The number of benzene rings is 2. The minimum Gasteiger partial charge on any atom is -0.356 e. The molecule has 1 amide bonds. The monoisotopic (exact) mass is 419 g/mol. The molecule has 0 bridgehead atoms. The fraction of sp³-hybridized carbons (Fsp3) is 0.261. The SMILES string of the molecule is Cc1ccc(N2C(=O)c3ccccc3Sc3c2cnn(C2CCCCO2)c3=O)cc1. The van der Waals surface area contributed by atoms with Crippen LogP contribution >= 0.6 is 11.8 Å². The first-order valence-electron chi connectivity index (χ1n) is 10.0. The highest BCUT2D eigenvalue weighted by molar-refractivity contribution is 7.99. The van der Waals surface area contributed by atoms with Gasteiger partial charge in [0, 0.05) is 17.2 Å². The molecular formula is C23H21N3O3S. The maximum Gasteiger partial charge on any atom is 0.285 e. The second kappa shape index (κ2) is 7.74. The molecule has 6 nitrogen and oxygen atoms in total. The van der Waals surface area contributed by atoms with Gasteiger partial charge >= 0.3 is 0 Å². The molecule has 1 unspecified atom stereocenters. The molecule has 2 aliphatic rings. The van der Waals surface area contributed by atoms with Crippen molar-refractivity contribution in [2.24, 2.45) is 0 Å². The molecule has 0 N–H and O–H groups in total. The van der Waals surface area contributed by atoms with Gasteiger partial charge in [0.25, 0.3) is 11.5 Å². The van der Waals surface area contributed by atoms with Gasteiger partial charge in [-0.05, 0) is 50.5 Å². The van der Waals surface area contributed by atoms with Crippen LogP contribution in [0.2, 0.25) is 0 Å². The lowest BCUT2D eigenvalue weighted by Gasteiger charge is -2.26. The molecule has 1 saturated heterocycles. The van der Waals surface area contributed by atoms with E-state index in [0.29, 0.717) is 28.4 Å². The van der Waals surface area contributed by atoms with Gasteiger partial charge < -0.3 is 4.74 Å². The summed E-state index contributed by atoms with van der Waals surface area (Å²) in [6, 6.07) is 15.1. The van der Waals surface area contributed by atoms with E-state index in [1.54, 1.807) is 17.2 Å². The van der Waals surface area contributed by atoms with Crippen LogP contribution in [0.3, 0.4) is 0 Å². The molecule has 5 rings (SSSR count). The molecular weight excluding hydrogens is 398 g/mol. The third-order valence-corrected chi connectivity index (χ3v) is 6.60. The van der Waals surface area contributed by atoms with E-state index in [0.717, 1.165) is 29.7 Å². The van der Waals surface area contributed by atoms with E-state index < -0.39 is 0 Å². The van der Waals surface area contributed by atoms with E-state index in [2.05, 4.69) is 5.10 Å². The van der Waals surface area contributed by atoms with Crippen LogP contribution in [0.1, 0.15) is 41.4 Å². The van der Waals surface area contributed by atoms with Gasteiger partial charge in [-0.2, -0.15) is 9.78 Å². The van der Waals surface area contributed by atoms with Crippen molar-refractivity contribution in [3.63, 3.8) is 0 Å². The van der Waals surface area contributed by atoms with Crippen LogP contribution in [0.15, 0.2) is 69.3 Å². The molecule has 0 radical (unpaired) electrons. The smallest absolute Gasteiger partial charge is 0.285 e. The molecule has 1 fully saturated rings. The van der Waals surface area contributed by atoms with Crippen molar-refractivity contribution < 1.29 is 9.53 Å². The van der Waals surface area contributed by atoms with Crippen LogP contribution in [0.5, 0.6) is 0 Å². The third-order valence-electron chi connectivity index (χ3n) is 5.43. The van der Waals surface area contributed by atoms with Crippen molar-refractivity contribution >= 4 is 29.0 Å². The Morgan fingerprint density at radius 3 is 2.63 bits per heavy atom. The fourth-order valence-electron chi connectivity index (χ4n) is 3.84. The molecule has 0 spiro atoms. The quantitative estimate of drug-likeness (QED) is 0.603. The number of rotatable bonds is 2. The Balaban J connectivity index is 1.71. The summed E-state index contributed by atoms with van der Waals surface area (Å²) in [5.41, 5.74) is 2.64. The van der Waals surface area contributed by atoms with E-state index in [9.17, 15) is 9.59 Å². The predicted octanol–water partition coefficient (Wildman–Crippen LogP) is 4.69. The molecule has 2 aliphatic heterocycles. The number of hydrogen-bond donors (Lipinski definition) is 0. The van der Waals surface area contributed by atoms with Crippen molar-refractivity contribution in [1.29, 1.82) is 0 Å². The zero-order chi connectivity index (χ0) is 20.7. The molecule has 30 heavy (non-hydrogen) atoms. The van der Waals surface area contributed by atoms with Crippen LogP contribution in [0, 0.1) is 6.92 Å². The lowest BCUT2D eigenvalue weighted by Crippen LogP contribution is -2.34. The number of carbonyl (C=O) groups is 1. The first kappa shape index (κ1) is 19.1. The Morgan fingerprint density at radius 2 is 1.87 bits per heavy atom. The van der Waals surface area contributed by atoms with Gasteiger partial charge in [-0.1, -0.05) is 41.6 Å². The summed E-state index contributed by atoms with van der Waals surface area (Å²) in [5.74, 6) is -0.173. The maximum atomic E-state index is 13.5. The molecule has 1 atom stereocenters. The van der Waals surface area contributed by atoms with Crippen molar-refractivity contribution in [3.05, 3.63) is 76.2 Å². The predicted molar refractivity (Wildman–Crippen MR) is 116 cm³/mol. The summed E-state index contributed by atoms with van der Waals surface area (Å²) in [4.78, 5) is 29.8. The number of carbonyl (C=O) groups excluding carboxylic acids is 1. The average molecular weight is 420 g/mol. The minimum absolute atomic E-state index is 0.173. The van der Waals surface area contributed by atoms with Gasteiger partial charge in [-0.25, -0.2) is 0 Å². The van der Waals surface area contributed by atoms with Crippen molar-refractivity contribution in [2.45, 2.75) is 42.2 Å². The lowest BCUT2D eigenvalue weighted by atomic mass is 10.1. The van der Waals surface area contributed by atoms with E-state index in [4.69, 9.17) is 4.74 Å². The highest BCUT2D eigenvalue weighted by Gasteiger charge is 2.32. The number of fused-ring (bicyclic) bond motifs is 2. The van der Waals surface area contributed by atoms with Crippen LogP contribution in [-0.2, 0) is 4.74 Å². The lowest BCUT2D eigenvalue weighted by molar-refractivity contribution is -0.0429. The Bertz CT molecular complexity index is 1170. The first-order chi connectivity index (χ1) is 14.6. The van der Waals surface area contributed by atoms with Gasteiger partial charge in [0.1, 0.15) is 4.90 Å².